The molecule has 1 aromatic rings. The second-order valence-electron chi connectivity index (χ2n) is 4.08. The van der Waals surface area contributed by atoms with Crippen molar-refractivity contribution in [1.29, 1.82) is 0 Å². The van der Waals surface area contributed by atoms with E-state index in [1.807, 2.05) is 24.3 Å². The first-order chi connectivity index (χ1) is 9.86. The van der Waals surface area contributed by atoms with Gasteiger partial charge in [0, 0.05) is 13.5 Å². The third kappa shape index (κ3) is 7.89. The van der Waals surface area contributed by atoms with Crippen LogP contribution in [-0.4, -0.2) is 53.0 Å². The van der Waals surface area contributed by atoms with Crippen molar-refractivity contribution in [2.24, 2.45) is 0 Å². The highest BCUT2D eigenvalue weighted by molar-refractivity contribution is 5.55. The van der Waals surface area contributed by atoms with Gasteiger partial charge in [-0.1, -0.05) is 12.1 Å². The van der Waals surface area contributed by atoms with Gasteiger partial charge in [-0.05, 0) is 17.7 Å². The minimum atomic E-state index is 0.437. The molecule has 0 unspecified atom stereocenters. The summed E-state index contributed by atoms with van der Waals surface area (Å²) in [4.78, 5) is 10.3. The number of carbonyl (C=O) groups is 1. The van der Waals surface area contributed by atoms with E-state index in [1.54, 1.807) is 7.11 Å². The lowest BCUT2D eigenvalue weighted by molar-refractivity contribution is -0.107. The van der Waals surface area contributed by atoms with Crippen LogP contribution in [0.2, 0.25) is 0 Å². The molecule has 0 saturated carbocycles. The molecular formula is C15H22O5. The summed E-state index contributed by atoms with van der Waals surface area (Å²) in [6.07, 6.45) is 1.32. The molecule has 5 heteroatoms. The van der Waals surface area contributed by atoms with Crippen molar-refractivity contribution < 1.29 is 23.7 Å². The third-order valence-corrected chi connectivity index (χ3v) is 2.54. The van der Waals surface area contributed by atoms with Crippen molar-refractivity contribution in [1.82, 2.24) is 0 Å². The fraction of sp³-hybridized carbons (Fsp3) is 0.533. The standard InChI is InChI=1S/C15H22O5/c1-17-8-9-18-10-11-19-12-13-20-15-4-2-14(3-5-15)6-7-16/h2-5,7H,6,8-13H2,1H3. The molecule has 112 valence electrons. The number of methoxy groups -OCH3 is 1. The summed E-state index contributed by atoms with van der Waals surface area (Å²) in [5.74, 6) is 0.777. The Morgan fingerprint density at radius 1 is 0.900 bits per heavy atom. The van der Waals surface area contributed by atoms with Crippen molar-refractivity contribution in [2.45, 2.75) is 6.42 Å². The molecule has 1 rings (SSSR count). The zero-order valence-corrected chi connectivity index (χ0v) is 11.9. The van der Waals surface area contributed by atoms with Gasteiger partial charge in [-0.15, -0.1) is 0 Å². The van der Waals surface area contributed by atoms with Crippen LogP contribution in [0.4, 0.5) is 0 Å². The van der Waals surface area contributed by atoms with Gasteiger partial charge in [-0.3, -0.25) is 0 Å². The first kappa shape index (κ1) is 16.6. The molecule has 5 nitrogen and oxygen atoms in total. The van der Waals surface area contributed by atoms with Crippen molar-refractivity contribution in [2.75, 3.05) is 46.8 Å². The maximum Gasteiger partial charge on any atom is 0.124 e. The number of benzene rings is 1. The summed E-state index contributed by atoms with van der Waals surface area (Å²) in [7, 11) is 1.64. The SMILES string of the molecule is COCCOCCOCCOc1ccc(CC=O)cc1. The Labute approximate surface area is 119 Å². The molecular weight excluding hydrogens is 260 g/mol. The van der Waals surface area contributed by atoms with Crippen LogP contribution in [0, 0.1) is 0 Å². The van der Waals surface area contributed by atoms with Crippen LogP contribution in [0.25, 0.3) is 0 Å². The second-order valence-corrected chi connectivity index (χ2v) is 4.08. The predicted octanol–water partition coefficient (Wildman–Crippen LogP) is 1.49. The molecule has 0 aliphatic carbocycles. The molecule has 0 heterocycles. The predicted molar refractivity (Wildman–Crippen MR) is 75.2 cm³/mol. The van der Waals surface area contributed by atoms with E-state index in [9.17, 15) is 4.79 Å². The summed E-state index contributed by atoms with van der Waals surface area (Å²) in [5.41, 5.74) is 0.983. The van der Waals surface area contributed by atoms with Gasteiger partial charge in [0.2, 0.25) is 0 Å². The topological polar surface area (TPSA) is 54.0 Å². The molecule has 20 heavy (non-hydrogen) atoms. The minimum absolute atomic E-state index is 0.437. The zero-order chi connectivity index (χ0) is 14.5. The van der Waals surface area contributed by atoms with Crippen LogP contribution in [0.15, 0.2) is 24.3 Å². The van der Waals surface area contributed by atoms with Gasteiger partial charge in [0.25, 0.3) is 0 Å². The van der Waals surface area contributed by atoms with Crippen LogP contribution in [0.3, 0.4) is 0 Å². The van der Waals surface area contributed by atoms with Crippen LogP contribution < -0.4 is 4.74 Å². The fourth-order valence-corrected chi connectivity index (χ4v) is 1.50. The summed E-state index contributed by atoms with van der Waals surface area (Å²) in [6.45, 7) is 3.30. The van der Waals surface area contributed by atoms with Gasteiger partial charge in [0.05, 0.1) is 33.0 Å². The summed E-state index contributed by atoms with van der Waals surface area (Å²) >= 11 is 0. The van der Waals surface area contributed by atoms with Gasteiger partial charge < -0.3 is 23.7 Å². The van der Waals surface area contributed by atoms with Crippen molar-refractivity contribution in [3.63, 3.8) is 0 Å². The van der Waals surface area contributed by atoms with E-state index in [0.29, 0.717) is 46.1 Å². The van der Waals surface area contributed by atoms with Gasteiger partial charge in [0.1, 0.15) is 18.6 Å². The Morgan fingerprint density at radius 3 is 2.10 bits per heavy atom. The van der Waals surface area contributed by atoms with Gasteiger partial charge in [0.15, 0.2) is 0 Å². The lowest BCUT2D eigenvalue weighted by Gasteiger charge is -2.08. The Kier molecular flexibility index (Phi) is 9.48. The average Bonchev–Trinajstić information content (AvgIpc) is 2.47. The molecule has 0 spiro atoms. The van der Waals surface area contributed by atoms with Crippen LogP contribution in [-0.2, 0) is 25.4 Å². The van der Waals surface area contributed by atoms with Crippen LogP contribution >= 0.6 is 0 Å². The monoisotopic (exact) mass is 282 g/mol. The molecule has 1 aromatic carbocycles. The molecule has 0 radical (unpaired) electrons. The van der Waals surface area contributed by atoms with E-state index in [1.165, 1.54) is 0 Å². The molecule has 0 atom stereocenters. The zero-order valence-electron chi connectivity index (χ0n) is 11.9. The largest absolute Gasteiger partial charge is 0.491 e. The Balaban J connectivity index is 1.99. The van der Waals surface area contributed by atoms with Crippen LogP contribution in [0.1, 0.15) is 5.56 Å². The molecule has 0 fully saturated rings. The summed E-state index contributed by atoms with van der Waals surface area (Å²) in [6, 6.07) is 7.47. The highest BCUT2D eigenvalue weighted by Crippen LogP contribution is 2.11. The van der Waals surface area contributed by atoms with Gasteiger partial charge in [-0.25, -0.2) is 0 Å². The molecule has 0 saturated heterocycles. The first-order valence-corrected chi connectivity index (χ1v) is 6.66. The molecule has 0 bridgehead atoms. The lowest BCUT2D eigenvalue weighted by atomic mass is 10.2. The van der Waals surface area contributed by atoms with E-state index >= 15 is 0 Å². The van der Waals surface area contributed by atoms with E-state index < -0.39 is 0 Å². The smallest absolute Gasteiger partial charge is 0.124 e. The second kappa shape index (κ2) is 11.4. The highest BCUT2D eigenvalue weighted by Gasteiger charge is 1.96. The number of hydrogen-bond acceptors (Lipinski definition) is 5. The van der Waals surface area contributed by atoms with Gasteiger partial charge >= 0.3 is 0 Å². The van der Waals surface area contributed by atoms with Crippen molar-refractivity contribution >= 4 is 6.29 Å². The fourth-order valence-electron chi connectivity index (χ4n) is 1.50. The lowest BCUT2D eigenvalue weighted by Crippen LogP contribution is -2.12. The van der Waals surface area contributed by atoms with Gasteiger partial charge in [-0.2, -0.15) is 0 Å². The quantitative estimate of drug-likeness (QED) is 0.429. The summed E-state index contributed by atoms with van der Waals surface area (Å²) < 4.78 is 21.0. The normalized spacial score (nSPS) is 10.4. The molecule has 0 aliphatic rings. The molecule has 0 N–H and O–H groups in total. The molecule has 0 aliphatic heterocycles. The van der Waals surface area contributed by atoms with E-state index in [0.717, 1.165) is 17.6 Å². The first-order valence-electron chi connectivity index (χ1n) is 6.66. The Morgan fingerprint density at radius 2 is 1.50 bits per heavy atom. The maximum absolute atomic E-state index is 10.3. The van der Waals surface area contributed by atoms with E-state index in [2.05, 4.69) is 0 Å². The highest BCUT2D eigenvalue weighted by atomic mass is 16.6. The number of ether oxygens (including phenoxy) is 4. The minimum Gasteiger partial charge on any atom is -0.491 e. The number of aldehydes is 1. The van der Waals surface area contributed by atoms with E-state index in [-0.39, 0.29) is 0 Å². The number of rotatable bonds is 12. The van der Waals surface area contributed by atoms with E-state index in [4.69, 9.17) is 18.9 Å². The third-order valence-electron chi connectivity index (χ3n) is 2.54. The van der Waals surface area contributed by atoms with Crippen molar-refractivity contribution in [3.8, 4) is 5.75 Å². The van der Waals surface area contributed by atoms with Crippen LogP contribution in [0.5, 0.6) is 5.75 Å². The number of carbonyl (C=O) groups excluding carboxylic acids is 1. The maximum atomic E-state index is 10.3. The molecule has 0 amide bonds. The average molecular weight is 282 g/mol. The number of hydrogen-bond donors (Lipinski definition) is 0. The van der Waals surface area contributed by atoms with Crippen molar-refractivity contribution in [3.05, 3.63) is 29.8 Å². The Hall–Kier alpha value is -1.43. The Bertz CT molecular complexity index is 350. The summed E-state index contributed by atoms with van der Waals surface area (Å²) in [5, 5.41) is 0. The molecule has 0 aromatic heterocycles.